The van der Waals surface area contributed by atoms with Crippen LogP contribution in [0.5, 0.6) is 0 Å². The van der Waals surface area contributed by atoms with E-state index >= 15 is 0 Å². The van der Waals surface area contributed by atoms with E-state index in [0.717, 1.165) is 76.3 Å². The van der Waals surface area contributed by atoms with E-state index in [9.17, 15) is 24.3 Å². The topological polar surface area (TPSA) is 179 Å². The van der Waals surface area contributed by atoms with Gasteiger partial charge in [-0.2, -0.15) is 0 Å². The number of carbonyl (C=O) groups is 4. The van der Waals surface area contributed by atoms with E-state index in [1.807, 2.05) is 25.7 Å². The molecular formula is C31H55N7O7. The minimum Gasteiger partial charge on any atom is -0.465 e. The number of hydrogen-bond donors (Lipinski definition) is 4. The summed E-state index contributed by atoms with van der Waals surface area (Å²) in [7, 11) is 0. The molecule has 1 atom stereocenters. The van der Waals surface area contributed by atoms with Crippen LogP contribution in [0.4, 0.5) is 9.59 Å². The number of unbranched alkanes of at least 4 members (excludes halogenated alkanes) is 9. The summed E-state index contributed by atoms with van der Waals surface area (Å²) in [5.74, 6) is -0.124. The quantitative estimate of drug-likeness (QED) is 0.156. The third-order valence-electron chi connectivity index (χ3n) is 7.64. The zero-order valence-corrected chi connectivity index (χ0v) is 27.5. The SMILES string of the molecule is CC(C)(C)OC(=O)N1CCN(C(=O)CCCCCCCCCCNC(=O)[C@H](CO)n2cc(CCCCCNC(=O)O)nn2)CC1. The zero-order chi connectivity index (χ0) is 33.1. The van der Waals surface area contributed by atoms with Gasteiger partial charge in [0.2, 0.25) is 11.8 Å². The number of aromatic nitrogens is 3. The molecule has 1 aliphatic rings. The summed E-state index contributed by atoms with van der Waals surface area (Å²) < 4.78 is 6.81. The Balaban J connectivity index is 1.46. The van der Waals surface area contributed by atoms with Gasteiger partial charge in [0, 0.05) is 51.9 Å². The van der Waals surface area contributed by atoms with Crippen molar-refractivity contribution in [3.05, 3.63) is 11.9 Å². The molecule has 0 radical (unpaired) electrons. The van der Waals surface area contributed by atoms with Crippen LogP contribution in [0.25, 0.3) is 0 Å². The first-order valence-electron chi connectivity index (χ1n) is 16.5. The first-order valence-corrected chi connectivity index (χ1v) is 16.5. The Bertz CT molecular complexity index is 1040. The highest BCUT2D eigenvalue weighted by atomic mass is 16.6. The Morgan fingerprint density at radius 2 is 1.40 bits per heavy atom. The van der Waals surface area contributed by atoms with Gasteiger partial charge in [0.25, 0.3) is 0 Å². The van der Waals surface area contributed by atoms with Crippen LogP contribution in [0.15, 0.2) is 6.20 Å². The molecule has 14 nitrogen and oxygen atoms in total. The Morgan fingerprint density at radius 1 is 0.844 bits per heavy atom. The molecule has 2 heterocycles. The molecule has 4 amide bonds. The second-order valence-corrected chi connectivity index (χ2v) is 12.6. The number of carboxylic acid groups (broad SMARTS) is 1. The minimum atomic E-state index is -1.02. The van der Waals surface area contributed by atoms with E-state index < -0.39 is 17.7 Å². The van der Waals surface area contributed by atoms with Gasteiger partial charge in [0.1, 0.15) is 5.60 Å². The van der Waals surface area contributed by atoms with E-state index in [2.05, 4.69) is 20.9 Å². The lowest BCUT2D eigenvalue weighted by atomic mass is 10.1. The maximum atomic E-state index is 12.6. The molecule has 1 aromatic heterocycles. The number of aliphatic hydroxyl groups is 1. The fraction of sp³-hybridized carbons (Fsp3) is 0.806. The third kappa shape index (κ3) is 15.9. The van der Waals surface area contributed by atoms with Crippen LogP contribution in [-0.2, 0) is 20.7 Å². The van der Waals surface area contributed by atoms with E-state index in [-0.39, 0.29) is 24.5 Å². The average Bonchev–Trinajstić information content (AvgIpc) is 3.45. The summed E-state index contributed by atoms with van der Waals surface area (Å²) >= 11 is 0. The van der Waals surface area contributed by atoms with E-state index in [1.165, 1.54) is 4.68 Å². The molecule has 0 aromatic carbocycles. The lowest BCUT2D eigenvalue weighted by Crippen LogP contribution is -2.51. The molecule has 1 fully saturated rings. The largest absolute Gasteiger partial charge is 0.465 e. The fourth-order valence-electron chi connectivity index (χ4n) is 5.08. The second kappa shape index (κ2) is 20.6. The minimum absolute atomic E-state index is 0.160. The molecule has 0 aliphatic carbocycles. The Morgan fingerprint density at radius 3 is 2.00 bits per heavy atom. The van der Waals surface area contributed by atoms with Crippen molar-refractivity contribution in [1.29, 1.82) is 0 Å². The summed E-state index contributed by atoms with van der Waals surface area (Å²) in [4.78, 5) is 51.3. The molecule has 1 saturated heterocycles. The standard InChI is InChI=1S/C31H55N7O7/c1-31(2,3)45-30(44)37-21-19-36(20-22-37)27(40)16-12-8-6-4-5-7-9-13-17-32-28(41)26(24-39)38-23-25(34-35-38)15-11-10-14-18-33-29(42)43/h23,26,33,39H,4-22,24H2,1-3H3,(H,32,41)(H,42,43)/t26-/m0/s1. The van der Waals surface area contributed by atoms with E-state index in [0.29, 0.717) is 52.1 Å². The average molecular weight is 638 g/mol. The molecule has 0 unspecified atom stereocenters. The van der Waals surface area contributed by atoms with Crippen LogP contribution in [0, 0.1) is 0 Å². The lowest BCUT2D eigenvalue weighted by Gasteiger charge is -2.35. The van der Waals surface area contributed by atoms with Crippen molar-refractivity contribution in [2.45, 2.75) is 116 Å². The van der Waals surface area contributed by atoms with E-state index in [4.69, 9.17) is 9.84 Å². The molecule has 0 saturated carbocycles. The van der Waals surface area contributed by atoms with Crippen LogP contribution in [0.2, 0.25) is 0 Å². The lowest BCUT2D eigenvalue weighted by molar-refractivity contribution is -0.133. The highest BCUT2D eigenvalue weighted by molar-refractivity contribution is 5.80. The number of aryl methyl sites for hydroxylation is 1. The van der Waals surface area contributed by atoms with Gasteiger partial charge in [0.15, 0.2) is 6.04 Å². The molecule has 1 aliphatic heterocycles. The molecule has 0 bridgehead atoms. The van der Waals surface area contributed by atoms with Crippen LogP contribution in [0.1, 0.15) is 110 Å². The smallest absolute Gasteiger partial charge is 0.410 e. The Labute approximate surface area is 267 Å². The molecular weight excluding hydrogens is 582 g/mol. The van der Waals surface area contributed by atoms with Gasteiger partial charge in [-0.1, -0.05) is 50.2 Å². The van der Waals surface area contributed by atoms with Gasteiger partial charge in [-0.3, -0.25) is 9.59 Å². The number of aliphatic hydroxyl groups excluding tert-OH is 1. The number of nitrogens with one attached hydrogen (secondary N) is 2. The van der Waals surface area contributed by atoms with Crippen LogP contribution < -0.4 is 10.6 Å². The monoisotopic (exact) mass is 637 g/mol. The molecule has 2 rings (SSSR count). The number of ether oxygens (including phenoxy) is 1. The van der Waals surface area contributed by atoms with Crippen molar-refractivity contribution in [1.82, 2.24) is 35.4 Å². The first-order chi connectivity index (χ1) is 21.5. The van der Waals surface area contributed by atoms with Crippen LogP contribution in [-0.4, -0.2) is 110 Å². The van der Waals surface area contributed by atoms with Crippen LogP contribution in [0.3, 0.4) is 0 Å². The molecule has 0 spiro atoms. The summed E-state index contributed by atoms with van der Waals surface area (Å²) in [5.41, 5.74) is 0.210. The number of amides is 4. The van der Waals surface area contributed by atoms with Crippen molar-refractivity contribution in [2.75, 3.05) is 45.9 Å². The second-order valence-electron chi connectivity index (χ2n) is 12.6. The van der Waals surface area contributed by atoms with Gasteiger partial charge < -0.3 is 35.4 Å². The maximum Gasteiger partial charge on any atom is 0.410 e. The van der Waals surface area contributed by atoms with Gasteiger partial charge in [-0.05, 0) is 52.9 Å². The normalized spacial score (nSPS) is 14.2. The number of hydrogen-bond acceptors (Lipinski definition) is 8. The van der Waals surface area contributed by atoms with Crippen molar-refractivity contribution >= 4 is 24.0 Å². The molecule has 1 aromatic rings. The number of piperazine rings is 1. The number of carbonyl (C=O) groups excluding carboxylic acids is 3. The third-order valence-corrected chi connectivity index (χ3v) is 7.64. The Kier molecular flexibility index (Phi) is 17.3. The predicted octanol–water partition coefficient (Wildman–Crippen LogP) is 3.50. The number of nitrogens with zero attached hydrogens (tertiary/aromatic N) is 5. The molecule has 4 N–H and O–H groups in total. The highest BCUT2D eigenvalue weighted by Gasteiger charge is 2.27. The maximum absolute atomic E-state index is 12.6. The molecule has 256 valence electrons. The summed E-state index contributed by atoms with van der Waals surface area (Å²) in [5, 5.41) is 31.7. The first kappa shape index (κ1) is 37.8. The molecule has 14 heteroatoms. The highest BCUT2D eigenvalue weighted by Crippen LogP contribution is 2.14. The van der Waals surface area contributed by atoms with Crippen molar-refractivity contribution in [2.24, 2.45) is 0 Å². The summed E-state index contributed by atoms with van der Waals surface area (Å²) in [6, 6.07) is -0.820. The molecule has 45 heavy (non-hydrogen) atoms. The fourth-order valence-corrected chi connectivity index (χ4v) is 5.08. The summed E-state index contributed by atoms with van der Waals surface area (Å²) in [6.07, 6.45) is 12.2. The van der Waals surface area contributed by atoms with Gasteiger partial charge in [0.05, 0.1) is 12.3 Å². The van der Waals surface area contributed by atoms with Gasteiger partial charge >= 0.3 is 12.2 Å². The van der Waals surface area contributed by atoms with Crippen molar-refractivity contribution < 1.29 is 34.1 Å². The van der Waals surface area contributed by atoms with Crippen LogP contribution >= 0.6 is 0 Å². The van der Waals surface area contributed by atoms with Gasteiger partial charge in [-0.25, -0.2) is 14.3 Å². The zero-order valence-electron chi connectivity index (χ0n) is 27.5. The van der Waals surface area contributed by atoms with Gasteiger partial charge in [-0.15, -0.1) is 5.10 Å². The predicted molar refractivity (Wildman–Crippen MR) is 169 cm³/mol. The van der Waals surface area contributed by atoms with E-state index in [1.54, 1.807) is 11.1 Å². The number of rotatable bonds is 20. The van der Waals surface area contributed by atoms with Crippen molar-refractivity contribution in [3.63, 3.8) is 0 Å². The summed E-state index contributed by atoms with van der Waals surface area (Å²) in [6.45, 7) is 8.25. The Hall–Kier alpha value is -3.42. The van der Waals surface area contributed by atoms with Crippen molar-refractivity contribution in [3.8, 4) is 0 Å².